The number of rotatable bonds is 10. The molecule has 2 aliphatic carbocycles. The minimum Gasteiger partial charge on any atom is -0.422 e. The number of carbonyl (C=O) groups is 2. The third kappa shape index (κ3) is 12.2. The van der Waals surface area contributed by atoms with Gasteiger partial charge in [0, 0.05) is 103 Å². The Hall–Kier alpha value is -9.42. The summed E-state index contributed by atoms with van der Waals surface area (Å²) in [6.07, 6.45) is 16.7. The number of hydrogen-bond acceptors (Lipinski definition) is 14. The van der Waals surface area contributed by atoms with Gasteiger partial charge in [0.15, 0.2) is 0 Å². The first kappa shape index (κ1) is 59.5. The number of aromatic nitrogens is 12. The number of carbonyl (C=O) groups excluding carboxylic acids is 2. The van der Waals surface area contributed by atoms with Crippen LogP contribution >= 0.6 is 23.2 Å². The molecule has 0 saturated heterocycles. The Kier molecular flexibility index (Phi) is 16.4. The molecule has 460 valence electrons. The van der Waals surface area contributed by atoms with Crippen LogP contribution in [-0.2, 0) is 9.59 Å². The smallest absolute Gasteiger partial charge is 0.340 e. The fraction of sp³-hybridized carbons (Fsp3) is 0.312. The van der Waals surface area contributed by atoms with E-state index >= 15 is 0 Å². The van der Waals surface area contributed by atoms with Crippen molar-refractivity contribution in [2.75, 3.05) is 10.6 Å². The van der Waals surface area contributed by atoms with Gasteiger partial charge >= 0.3 is 24.3 Å². The maximum atomic E-state index is 14.0. The van der Waals surface area contributed by atoms with Gasteiger partial charge in [0.1, 0.15) is 11.5 Å². The molecule has 4 aliphatic rings. The first-order valence-electron chi connectivity index (χ1n) is 29.5. The molecule has 0 unspecified atom stereocenters. The van der Waals surface area contributed by atoms with Crippen molar-refractivity contribution < 1.29 is 36.0 Å². The molecular weight excluding hydrogens is 1210 g/mol. The zero-order valence-electron chi connectivity index (χ0n) is 48.3. The molecule has 2 aromatic carbocycles. The normalized spacial score (nSPS) is 18.6. The number of benzene rings is 2. The molecule has 4 atom stereocenters. The van der Waals surface area contributed by atoms with Crippen LogP contribution in [-0.4, -0.2) is 71.3 Å². The van der Waals surface area contributed by atoms with Gasteiger partial charge in [-0.15, -0.1) is 10.2 Å². The Labute approximate surface area is 520 Å². The number of alkyl halides is 4. The number of fused-ring (bicyclic) bond motifs is 8. The molecule has 2 aliphatic heterocycles. The minimum atomic E-state index is -2.93. The van der Waals surface area contributed by atoms with E-state index in [1.54, 1.807) is 108 Å². The Morgan fingerprint density at radius 1 is 0.522 bits per heavy atom. The van der Waals surface area contributed by atoms with Crippen molar-refractivity contribution in [3.8, 4) is 56.5 Å². The van der Waals surface area contributed by atoms with E-state index in [4.69, 9.17) is 32.0 Å². The average Bonchev–Trinajstić information content (AvgIpc) is 1.85. The Balaban J connectivity index is 0.000000165. The summed E-state index contributed by atoms with van der Waals surface area (Å²) in [4.78, 5) is 62.4. The Bertz CT molecular complexity index is 4210. The summed E-state index contributed by atoms with van der Waals surface area (Å²) >= 11 is 12.7. The molecule has 10 aromatic rings. The summed E-state index contributed by atoms with van der Waals surface area (Å²) in [6, 6.07) is 23.8. The van der Waals surface area contributed by atoms with Gasteiger partial charge < -0.3 is 19.5 Å². The fourth-order valence-corrected chi connectivity index (χ4v) is 12.0. The van der Waals surface area contributed by atoms with Crippen molar-refractivity contribution in [3.63, 3.8) is 0 Å². The van der Waals surface area contributed by atoms with Gasteiger partial charge in [0.2, 0.25) is 11.8 Å². The second kappa shape index (κ2) is 24.9. The van der Waals surface area contributed by atoms with E-state index < -0.39 is 48.0 Å². The predicted molar refractivity (Wildman–Crippen MR) is 325 cm³/mol. The van der Waals surface area contributed by atoms with Crippen molar-refractivity contribution in [1.82, 2.24) is 59.5 Å². The van der Waals surface area contributed by atoms with Crippen molar-refractivity contribution in [2.45, 2.75) is 115 Å². The highest BCUT2D eigenvalue weighted by atomic mass is 35.5. The van der Waals surface area contributed by atoms with Crippen LogP contribution in [0.15, 0.2) is 141 Å². The van der Waals surface area contributed by atoms with Crippen LogP contribution in [0.4, 0.5) is 28.9 Å². The number of halogens is 6. The van der Waals surface area contributed by atoms with Crippen molar-refractivity contribution in [3.05, 3.63) is 187 Å². The molecule has 26 heteroatoms. The molecule has 10 heterocycles. The first-order valence-corrected chi connectivity index (χ1v) is 30.3. The largest absolute Gasteiger partial charge is 0.422 e. The Morgan fingerprint density at radius 2 is 0.944 bits per heavy atom. The third-order valence-corrected chi connectivity index (χ3v) is 17.3. The van der Waals surface area contributed by atoms with Gasteiger partial charge in [0.05, 0.1) is 70.3 Å². The molecule has 8 aromatic heterocycles. The van der Waals surface area contributed by atoms with Crippen LogP contribution < -0.4 is 21.9 Å². The molecule has 2 N–H and O–H groups in total. The van der Waals surface area contributed by atoms with E-state index in [0.717, 1.165) is 37.1 Å². The monoisotopic (exact) mass is 1260 g/mol. The van der Waals surface area contributed by atoms with Crippen molar-refractivity contribution in [2.24, 2.45) is 11.8 Å². The van der Waals surface area contributed by atoms with Crippen molar-refractivity contribution >= 4 is 46.4 Å². The van der Waals surface area contributed by atoms with Crippen LogP contribution in [0.3, 0.4) is 0 Å². The number of hydrogen-bond donors (Lipinski definition) is 2. The van der Waals surface area contributed by atoms with E-state index in [1.165, 1.54) is 24.8 Å². The van der Waals surface area contributed by atoms with E-state index in [9.17, 15) is 36.7 Å². The summed E-state index contributed by atoms with van der Waals surface area (Å²) in [5, 5.41) is 31.3. The number of anilines is 2. The van der Waals surface area contributed by atoms with Crippen LogP contribution in [0.2, 0.25) is 10.0 Å². The molecular formula is C64H56Cl2F4N14O6. The zero-order valence-corrected chi connectivity index (χ0v) is 49.8. The lowest BCUT2D eigenvalue weighted by atomic mass is 9.88. The molecule has 2 fully saturated rings. The van der Waals surface area contributed by atoms with E-state index in [2.05, 4.69) is 51.4 Å². The topological polar surface area (TPSA) is 241 Å². The molecule has 4 bridgehead atoms. The summed E-state index contributed by atoms with van der Waals surface area (Å²) in [6.45, 7) is -2.31. The number of pyridine rings is 2. The lowest BCUT2D eigenvalue weighted by Crippen LogP contribution is -2.22. The lowest BCUT2D eigenvalue weighted by Gasteiger charge is -2.20. The highest BCUT2D eigenvalue weighted by Crippen LogP contribution is 2.43. The summed E-state index contributed by atoms with van der Waals surface area (Å²) in [5.74, 6) is -1.01. The number of amides is 2. The van der Waals surface area contributed by atoms with Crippen LogP contribution in [0.1, 0.15) is 149 Å². The third-order valence-electron chi connectivity index (χ3n) is 16.9. The van der Waals surface area contributed by atoms with Crippen LogP contribution in [0.5, 0.6) is 0 Å². The minimum absolute atomic E-state index is 0.0577. The van der Waals surface area contributed by atoms with E-state index in [1.807, 2.05) is 12.4 Å². The molecule has 2 saturated carbocycles. The quantitative estimate of drug-likeness (QED) is 0.121. The average molecular weight is 1260 g/mol. The van der Waals surface area contributed by atoms with Gasteiger partial charge in [-0.25, -0.2) is 28.3 Å². The Morgan fingerprint density at radius 3 is 1.33 bits per heavy atom. The lowest BCUT2D eigenvalue weighted by molar-refractivity contribution is -0.120. The SMILES string of the molecule is C[C@@H]1CCC[C@@H](c2ccc(-c3cc(Cl)ccc3-n3cc(C4CC4)nn3)oc2=O)c2cc(ccn2)-c2c(cnn2C(F)F)NC1=O.C[C@@H]1CCC[C@H](c2ccc(-c3cc(Cl)ccc3-n3cc(C4CC4)nn3)oc2=O)c2cc(ccn2)-c2c(cnn2C(F)F)NC1=O. The maximum absolute atomic E-state index is 14.0. The number of nitrogens with zero attached hydrogens (tertiary/aromatic N) is 12. The molecule has 0 spiro atoms. The highest BCUT2D eigenvalue weighted by Gasteiger charge is 2.32. The van der Waals surface area contributed by atoms with Crippen molar-refractivity contribution in [1.29, 1.82) is 0 Å². The standard InChI is InChI=1S/2C32H28ClF2N7O3/c2*1-17-3-2-4-21(24-13-19(11-12-36-24)29-25(38-30(17)43)15-37-42(29)32(34)35)22-8-10-28(45-31(22)44)23-14-20(33)7-9-27(23)41-16-26(39-40-41)18-5-6-18/h2*7-18,21,32H,2-6H2,1H3,(H,38,43)/t17-,21+;17-,21-/m11/s1. The zero-order chi connectivity index (χ0) is 62.5. The van der Waals surface area contributed by atoms with Crippen LogP contribution in [0.25, 0.3) is 56.5 Å². The molecule has 0 radical (unpaired) electrons. The first-order chi connectivity index (χ1) is 43.5. The molecule has 14 rings (SSSR count). The molecule has 20 nitrogen and oxygen atoms in total. The van der Waals surface area contributed by atoms with Gasteiger partial charge in [0.25, 0.3) is 0 Å². The van der Waals surface area contributed by atoms with Gasteiger partial charge in [-0.1, -0.05) is 60.3 Å². The van der Waals surface area contributed by atoms with E-state index in [-0.39, 0.29) is 34.6 Å². The van der Waals surface area contributed by atoms with Gasteiger partial charge in [-0.3, -0.25) is 19.6 Å². The van der Waals surface area contributed by atoms with Crippen LogP contribution in [0, 0.1) is 11.8 Å². The molecule has 2 amide bonds. The summed E-state index contributed by atoms with van der Waals surface area (Å²) in [7, 11) is 0. The van der Waals surface area contributed by atoms with Gasteiger partial charge in [-0.2, -0.15) is 27.8 Å². The second-order valence-electron chi connectivity index (χ2n) is 23.1. The second-order valence-corrected chi connectivity index (χ2v) is 23.9. The van der Waals surface area contributed by atoms with E-state index in [0.29, 0.717) is 137 Å². The summed E-state index contributed by atoms with van der Waals surface area (Å²) in [5.41, 5.74) is 6.16. The highest BCUT2D eigenvalue weighted by molar-refractivity contribution is 6.31. The van der Waals surface area contributed by atoms with Gasteiger partial charge in [-0.05, 0) is 136 Å². The maximum Gasteiger partial charge on any atom is 0.340 e. The molecule has 90 heavy (non-hydrogen) atoms. The predicted octanol–water partition coefficient (Wildman–Crippen LogP) is 13.9. The summed E-state index contributed by atoms with van der Waals surface area (Å²) < 4.78 is 72.1. The number of nitrogens with one attached hydrogen (secondary N) is 2. The fourth-order valence-electron chi connectivity index (χ4n) is 11.7.